The summed E-state index contributed by atoms with van der Waals surface area (Å²) in [5.41, 5.74) is 1.24. The number of aliphatic hydroxyl groups excluding tert-OH is 1. The first-order valence-corrected chi connectivity index (χ1v) is 5.74. The number of rotatable bonds is 4. The number of allylic oxidation sites excluding steroid dienone is 1. The fourth-order valence-corrected chi connectivity index (χ4v) is 2.07. The Morgan fingerprint density at radius 2 is 1.94 bits per heavy atom. The van der Waals surface area contributed by atoms with E-state index < -0.39 is 6.29 Å². The van der Waals surface area contributed by atoms with E-state index in [1.165, 1.54) is 5.71 Å². The third kappa shape index (κ3) is 2.90. The lowest BCUT2D eigenvalue weighted by molar-refractivity contribution is -0.466. The van der Waals surface area contributed by atoms with Gasteiger partial charge in [-0.05, 0) is 13.8 Å². The molecule has 92 valence electrons. The second-order valence-electron chi connectivity index (χ2n) is 4.62. The van der Waals surface area contributed by atoms with Crippen LogP contribution in [0.4, 0.5) is 0 Å². The van der Waals surface area contributed by atoms with Crippen LogP contribution >= 0.6 is 0 Å². The molecular weight excluding hydrogens is 204 g/mol. The van der Waals surface area contributed by atoms with Crippen LogP contribution in [0.1, 0.15) is 13.8 Å². The minimum atomic E-state index is -1.17. The Morgan fingerprint density at radius 1 is 1.38 bits per heavy atom. The zero-order valence-electron chi connectivity index (χ0n) is 10.6. The van der Waals surface area contributed by atoms with Gasteiger partial charge < -0.3 is 10.2 Å². The molecule has 1 aliphatic rings. The largest absolute Gasteiger partial charge is 0.368 e. The summed E-state index contributed by atoms with van der Waals surface area (Å²) in [6.07, 6.45) is 2.96. The number of likely N-dealkylation sites (tertiary alicyclic amines) is 1. The normalized spacial score (nSPS) is 20.2. The van der Waals surface area contributed by atoms with Gasteiger partial charge in [0.05, 0.1) is 6.04 Å². The summed E-state index contributed by atoms with van der Waals surface area (Å²) >= 11 is 0. The fourth-order valence-electron chi connectivity index (χ4n) is 2.07. The second-order valence-corrected chi connectivity index (χ2v) is 4.62. The van der Waals surface area contributed by atoms with Gasteiger partial charge in [0.25, 0.3) is 0 Å². The third-order valence-electron chi connectivity index (χ3n) is 3.19. The Kier molecular flexibility index (Phi) is 4.65. The smallest absolute Gasteiger partial charge is 0.192 e. The first kappa shape index (κ1) is 13.4. The standard InChI is InChI=1S/C12H23N2O2/c1-5-6-11(13(3)4)9(2)14-7-10(8-14)12(15)16/h5-6,9-10,12,15-16H,7-8H2,1-4H3/q+1. The summed E-state index contributed by atoms with van der Waals surface area (Å²) < 4.78 is 2.10. The molecule has 0 saturated carbocycles. The van der Waals surface area contributed by atoms with Gasteiger partial charge in [0.2, 0.25) is 0 Å². The molecule has 1 aliphatic heterocycles. The molecule has 0 radical (unpaired) electrons. The van der Waals surface area contributed by atoms with Crippen LogP contribution in [0.2, 0.25) is 0 Å². The van der Waals surface area contributed by atoms with Crippen molar-refractivity contribution in [3.63, 3.8) is 0 Å². The van der Waals surface area contributed by atoms with E-state index in [1.807, 2.05) is 27.1 Å². The average Bonchev–Trinajstić information content (AvgIpc) is 2.10. The molecule has 0 bridgehead atoms. The second kappa shape index (κ2) is 5.57. The monoisotopic (exact) mass is 227 g/mol. The summed E-state index contributed by atoms with van der Waals surface area (Å²) in [7, 11) is 4.06. The van der Waals surface area contributed by atoms with Crippen molar-refractivity contribution >= 4 is 5.71 Å². The van der Waals surface area contributed by atoms with Crippen LogP contribution in [0.5, 0.6) is 0 Å². The number of aliphatic hydroxyl groups is 2. The zero-order chi connectivity index (χ0) is 12.3. The van der Waals surface area contributed by atoms with Crippen molar-refractivity contribution in [2.75, 3.05) is 27.2 Å². The molecule has 1 rings (SSSR count). The molecule has 4 heteroatoms. The van der Waals surface area contributed by atoms with Gasteiger partial charge in [-0.25, -0.2) is 4.58 Å². The van der Waals surface area contributed by atoms with E-state index in [9.17, 15) is 0 Å². The maximum atomic E-state index is 9.02. The molecule has 16 heavy (non-hydrogen) atoms. The molecule has 1 unspecified atom stereocenters. The minimum absolute atomic E-state index is 0.0106. The SMILES string of the molecule is CC=CC(C(C)N1CC(C(O)O)C1)=[N+](C)C. The van der Waals surface area contributed by atoms with Gasteiger partial charge in [-0.1, -0.05) is 6.08 Å². The zero-order valence-corrected chi connectivity index (χ0v) is 10.6. The molecule has 1 atom stereocenters. The van der Waals surface area contributed by atoms with Crippen LogP contribution in [0.25, 0.3) is 0 Å². The van der Waals surface area contributed by atoms with Crippen LogP contribution in [-0.4, -0.2) is 64.9 Å². The lowest BCUT2D eigenvalue weighted by Gasteiger charge is -2.42. The maximum absolute atomic E-state index is 9.02. The van der Waals surface area contributed by atoms with Gasteiger partial charge in [0, 0.05) is 25.1 Å². The van der Waals surface area contributed by atoms with Crippen LogP contribution in [0.15, 0.2) is 12.2 Å². The van der Waals surface area contributed by atoms with Gasteiger partial charge >= 0.3 is 0 Å². The quantitative estimate of drug-likeness (QED) is 0.401. The molecule has 2 N–H and O–H groups in total. The molecule has 0 aromatic heterocycles. The highest BCUT2D eigenvalue weighted by molar-refractivity contribution is 5.95. The van der Waals surface area contributed by atoms with Crippen molar-refractivity contribution in [3.05, 3.63) is 12.2 Å². The Balaban J connectivity index is 2.59. The van der Waals surface area contributed by atoms with E-state index >= 15 is 0 Å². The molecule has 1 heterocycles. The van der Waals surface area contributed by atoms with E-state index in [2.05, 4.69) is 22.5 Å². The molecule has 0 aromatic carbocycles. The Labute approximate surface area is 97.5 Å². The molecule has 0 aliphatic carbocycles. The van der Waals surface area contributed by atoms with E-state index in [0.29, 0.717) is 6.04 Å². The molecule has 1 fully saturated rings. The molecule has 4 nitrogen and oxygen atoms in total. The van der Waals surface area contributed by atoms with Crippen molar-refractivity contribution in [1.82, 2.24) is 4.90 Å². The fraction of sp³-hybridized carbons (Fsp3) is 0.750. The molecule has 1 saturated heterocycles. The summed E-state index contributed by atoms with van der Waals surface area (Å²) in [4.78, 5) is 2.25. The average molecular weight is 227 g/mol. The number of hydrogen-bond donors (Lipinski definition) is 2. The van der Waals surface area contributed by atoms with Crippen molar-refractivity contribution in [2.24, 2.45) is 5.92 Å². The van der Waals surface area contributed by atoms with Gasteiger partial charge in [-0.15, -0.1) is 0 Å². The lowest BCUT2D eigenvalue weighted by Crippen LogP contribution is -2.57. The predicted octanol–water partition coefficient (Wildman–Crippen LogP) is -0.0934. The Hall–Kier alpha value is -0.710. The lowest BCUT2D eigenvalue weighted by atomic mass is 9.95. The first-order valence-electron chi connectivity index (χ1n) is 5.74. The van der Waals surface area contributed by atoms with Crippen LogP contribution in [0.3, 0.4) is 0 Å². The van der Waals surface area contributed by atoms with Gasteiger partial charge in [0.15, 0.2) is 12.0 Å². The van der Waals surface area contributed by atoms with Crippen molar-refractivity contribution in [2.45, 2.75) is 26.2 Å². The van der Waals surface area contributed by atoms with E-state index in [4.69, 9.17) is 10.2 Å². The van der Waals surface area contributed by atoms with E-state index in [1.54, 1.807) is 0 Å². The predicted molar refractivity (Wildman–Crippen MR) is 64.7 cm³/mol. The Morgan fingerprint density at radius 3 is 2.31 bits per heavy atom. The van der Waals surface area contributed by atoms with E-state index in [0.717, 1.165) is 13.1 Å². The molecule has 0 spiro atoms. The highest BCUT2D eigenvalue weighted by atomic mass is 16.5. The van der Waals surface area contributed by atoms with E-state index in [-0.39, 0.29) is 5.92 Å². The highest BCUT2D eigenvalue weighted by Crippen LogP contribution is 2.21. The number of nitrogens with zero attached hydrogens (tertiary/aromatic N) is 2. The summed E-state index contributed by atoms with van der Waals surface area (Å²) in [5.74, 6) is 0.0106. The summed E-state index contributed by atoms with van der Waals surface area (Å²) in [6, 6.07) is 0.321. The van der Waals surface area contributed by atoms with Gasteiger partial charge in [-0.3, -0.25) is 4.90 Å². The van der Waals surface area contributed by atoms with Crippen molar-refractivity contribution in [1.29, 1.82) is 0 Å². The first-order chi connectivity index (χ1) is 7.47. The molecular formula is C12H23N2O2+. The number of hydrogen-bond acceptors (Lipinski definition) is 3. The van der Waals surface area contributed by atoms with Gasteiger partial charge in [-0.2, -0.15) is 0 Å². The maximum Gasteiger partial charge on any atom is 0.192 e. The Bertz CT molecular complexity index is 287. The van der Waals surface area contributed by atoms with Gasteiger partial charge in [0.1, 0.15) is 14.1 Å². The van der Waals surface area contributed by atoms with Crippen molar-refractivity contribution < 1.29 is 14.8 Å². The summed E-state index contributed by atoms with van der Waals surface area (Å²) in [6.45, 7) is 5.67. The highest BCUT2D eigenvalue weighted by Gasteiger charge is 2.37. The third-order valence-corrected chi connectivity index (χ3v) is 3.19. The summed E-state index contributed by atoms with van der Waals surface area (Å²) in [5, 5.41) is 18.0. The van der Waals surface area contributed by atoms with Crippen LogP contribution in [-0.2, 0) is 0 Å². The molecule has 0 amide bonds. The minimum Gasteiger partial charge on any atom is -0.368 e. The van der Waals surface area contributed by atoms with Crippen LogP contribution < -0.4 is 0 Å². The topological polar surface area (TPSA) is 46.7 Å². The van der Waals surface area contributed by atoms with Crippen LogP contribution in [0, 0.1) is 5.92 Å². The molecule has 0 aromatic rings. The van der Waals surface area contributed by atoms with Crippen molar-refractivity contribution in [3.8, 4) is 0 Å².